The summed E-state index contributed by atoms with van der Waals surface area (Å²) in [5.74, 6) is -0.609. The molecule has 0 saturated carbocycles. The fourth-order valence-electron chi connectivity index (χ4n) is 3.26. The lowest BCUT2D eigenvalue weighted by Crippen LogP contribution is -2.32. The highest BCUT2D eigenvalue weighted by molar-refractivity contribution is 5.85. The number of hydrogen-bond donors (Lipinski definition) is 0. The van der Waals surface area contributed by atoms with Gasteiger partial charge in [0.2, 0.25) is 0 Å². The molecule has 0 spiro atoms. The molecule has 0 aliphatic heterocycles. The normalized spacial score (nSPS) is 10.5. The van der Waals surface area contributed by atoms with Crippen LogP contribution in [0.15, 0.2) is 84.9 Å². The summed E-state index contributed by atoms with van der Waals surface area (Å²) in [5.41, 5.74) is 2.53. The number of ether oxygens (including phenoxy) is 2. The molecular formula is C25H25NO4. The molecule has 0 unspecified atom stereocenters. The van der Waals surface area contributed by atoms with Crippen LogP contribution in [0, 0.1) is 0 Å². The average molecular weight is 403 g/mol. The third-order valence-electron chi connectivity index (χ3n) is 4.87. The van der Waals surface area contributed by atoms with Crippen molar-refractivity contribution in [2.75, 3.05) is 20.8 Å². The summed E-state index contributed by atoms with van der Waals surface area (Å²) < 4.78 is 10.8. The Kier molecular flexibility index (Phi) is 7.22. The van der Waals surface area contributed by atoms with E-state index in [0.717, 1.165) is 16.7 Å². The molecule has 3 aromatic carbocycles. The van der Waals surface area contributed by atoms with Crippen molar-refractivity contribution in [1.29, 1.82) is 0 Å². The van der Waals surface area contributed by atoms with E-state index in [2.05, 4.69) is 0 Å². The van der Waals surface area contributed by atoms with Gasteiger partial charge in [0.15, 0.2) is 6.61 Å². The minimum Gasteiger partial charge on any atom is -0.496 e. The molecule has 0 aromatic heterocycles. The number of methoxy groups -OCH3 is 1. The lowest BCUT2D eigenvalue weighted by Gasteiger charge is -2.20. The molecule has 0 bridgehead atoms. The van der Waals surface area contributed by atoms with E-state index in [1.807, 2.05) is 84.9 Å². The molecule has 0 N–H and O–H groups in total. The number of para-hydroxylation sites is 1. The van der Waals surface area contributed by atoms with Crippen LogP contribution >= 0.6 is 0 Å². The van der Waals surface area contributed by atoms with Crippen molar-refractivity contribution >= 4 is 11.9 Å². The van der Waals surface area contributed by atoms with Gasteiger partial charge in [-0.05, 0) is 17.2 Å². The highest BCUT2D eigenvalue weighted by Gasteiger charge is 2.25. The lowest BCUT2D eigenvalue weighted by atomic mass is 9.91. The van der Waals surface area contributed by atoms with Gasteiger partial charge in [-0.15, -0.1) is 0 Å². The standard InChI is InChI=1S/C25H25NO4/c1-26(17-21-15-9-10-16-22(21)29-2)23(27)18-30-25(28)24(19-11-5-3-6-12-19)20-13-7-4-8-14-20/h3-16,24H,17-18H2,1-2H3. The van der Waals surface area contributed by atoms with E-state index in [4.69, 9.17) is 9.47 Å². The van der Waals surface area contributed by atoms with Gasteiger partial charge in [-0.2, -0.15) is 0 Å². The van der Waals surface area contributed by atoms with Crippen LogP contribution in [0.1, 0.15) is 22.6 Å². The molecular weight excluding hydrogens is 378 g/mol. The third-order valence-corrected chi connectivity index (χ3v) is 4.87. The maximum Gasteiger partial charge on any atom is 0.318 e. The van der Waals surface area contributed by atoms with Crippen LogP contribution in [-0.4, -0.2) is 37.5 Å². The van der Waals surface area contributed by atoms with E-state index in [9.17, 15) is 9.59 Å². The zero-order valence-electron chi connectivity index (χ0n) is 17.2. The van der Waals surface area contributed by atoms with Gasteiger partial charge >= 0.3 is 5.97 Å². The van der Waals surface area contributed by atoms with E-state index < -0.39 is 11.9 Å². The number of nitrogens with zero attached hydrogens (tertiary/aromatic N) is 1. The van der Waals surface area contributed by atoms with Crippen LogP contribution in [0.5, 0.6) is 5.75 Å². The first-order valence-electron chi connectivity index (χ1n) is 9.72. The molecule has 1 amide bonds. The monoisotopic (exact) mass is 403 g/mol. The minimum atomic E-state index is -0.584. The van der Waals surface area contributed by atoms with Crippen molar-refractivity contribution in [2.45, 2.75) is 12.5 Å². The van der Waals surface area contributed by atoms with E-state index in [1.165, 1.54) is 4.90 Å². The average Bonchev–Trinajstić information content (AvgIpc) is 2.79. The van der Waals surface area contributed by atoms with Crippen molar-refractivity contribution in [1.82, 2.24) is 4.90 Å². The summed E-state index contributed by atoms with van der Waals surface area (Å²) in [6, 6.07) is 26.4. The molecule has 3 aromatic rings. The number of benzene rings is 3. The SMILES string of the molecule is COc1ccccc1CN(C)C(=O)COC(=O)C(c1ccccc1)c1ccccc1. The summed E-state index contributed by atoms with van der Waals surface area (Å²) in [6.45, 7) is 0.0435. The maximum atomic E-state index is 12.9. The molecule has 0 aliphatic rings. The predicted molar refractivity (Wildman–Crippen MR) is 115 cm³/mol. The summed E-state index contributed by atoms with van der Waals surface area (Å²) >= 11 is 0. The Balaban J connectivity index is 1.67. The van der Waals surface area contributed by atoms with E-state index in [-0.39, 0.29) is 12.5 Å². The van der Waals surface area contributed by atoms with E-state index >= 15 is 0 Å². The molecule has 0 saturated heterocycles. The molecule has 0 aliphatic carbocycles. The Labute approximate surface area is 176 Å². The predicted octanol–water partition coefficient (Wildman–Crippen LogP) is 4.03. The van der Waals surface area contributed by atoms with Crippen molar-refractivity contribution in [3.8, 4) is 5.75 Å². The third kappa shape index (κ3) is 5.26. The molecule has 30 heavy (non-hydrogen) atoms. The van der Waals surface area contributed by atoms with Gasteiger partial charge in [0, 0.05) is 19.2 Å². The summed E-state index contributed by atoms with van der Waals surface area (Å²) in [7, 11) is 3.27. The first-order chi connectivity index (χ1) is 14.6. The van der Waals surface area contributed by atoms with Crippen LogP contribution < -0.4 is 4.74 Å². The van der Waals surface area contributed by atoms with Gasteiger partial charge in [0.1, 0.15) is 11.7 Å². The largest absolute Gasteiger partial charge is 0.496 e. The van der Waals surface area contributed by atoms with Crippen LogP contribution in [0.4, 0.5) is 0 Å². The number of likely N-dealkylation sites (N-methyl/N-ethyl adjacent to an activating group) is 1. The zero-order valence-corrected chi connectivity index (χ0v) is 17.2. The van der Waals surface area contributed by atoms with Crippen molar-refractivity contribution in [3.05, 3.63) is 102 Å². The van der Waals surface area contributed by atoms with Crippen molar-refractivity contribution < 1.29 is 19.1 Å². The Hall–Kier alpha value is -3.60. The second kappa shape index (κ2) is 10.3. The number of carbonyl (C=O) groups is 2. The second-order valence-electron chi connectivity index (χ2n) is 6.92. The summed E-state index contributed by atoms with van der Waals surface area (Å²) in [6.07, 6.45) is 0. The maximum absolute atomic E-state index is 12.9. The molecule has 3 rings (SSSR count). The molecule has 5 heteroatoms. The zero-order chi connectivity index (χ0) is 21.3. The lowest BCUT2D eigenvalue weighted by molar-refractivity contribution is -0.152. The summed E-state index contributed by atoms with van der Waals surface area (Å²) in [4.78, 5) is 27.0. The highest BCUT2D eigenvalue weighted by Crippen LogP contribution is 2.26. The van der Waals surface area contributed by atoms with Gasteiger partial charge in [0.05, 0.1) is 7.11 Å². The van der Waals surface area contributed by atoms with Crippen LogP contribution in [0.3, 0.4) is 0 Å². The summed E-state index contributed by atoms with van der Waals surface area (Å²) in [5, 5.41) is 0. The second-order valence-corrected chi connectivity index (χ2v) is 6.92. The van der Waals surface area contributed by atoms with Crippen LogP contribution in [0.25, 0.3) is 0 Å². The van der Waals surface area contributed by atoms with E-state index in [0.29, 0.717) is 12.3 Å². The van der Waals surface area contributed by atoms with Crippen molar-refractivity contribution in [3.63, 3.8) is 0 Å². The molecule has 0 heterocycles. The number of rotatable bonds is 8. The van der Waals surface area contributed by atoms with E-state index in [1.54, 1.807) is 14.2 Å². The Morgan fingerprint density at radius 2 is 1.37 bits per heavy atom. The number of esters is 1. The molecule has 0 atom stereocenters. The first kappa shape index (κ1) is 21.1. The molecule has 0 fully saturated rings. The number of hydrogen-bond acceptors (Lipinski definition) is 4. The van der Waals surface area contributed by atoms with Gasteiger partial charge < -0.3 is 14.4 Å². The van der Waals surface area contributed by atoms with Gasteiger partial charge in [-0.25, -0.2) is 0 Å². The Morgan fingerprint density at radius 1 is 0.833 bits per heavy atom. The molecule has 0 radical (unpaired) electrons. The number of carbonyl (C=O) groups excluding carboxylic acids is 2. The quantitative estimate of drug-likeness (QED) is 0.533. The Bertz CT molecular complexity index is 933. The smallest absolute Gasteiger partial charge is 0.318 e. The fourth-order valence-corrected chi connectivity index (χ4v) is 3.26. The van der Waals surface area contributed by atoms with Gasteiger partial charge in [0.25, 0.3) is 5.91 Å². The van der Waals surface area contributed by atoms with Gasteiger partial charge in [-0.3, -0.25) is 9.59 Å². The first-order valence-corrected chi connectivity index (χ1v) is 9.72. The molecule has 5 nitrogen and oxygen atoms in total. The van der Waals surface area contributed by atoms with Crippen LogP contribution in [-0.2, 0) is 20.9 Å². The highest BCUT2D eigenvalue weighted by atomic mass is 16.5. The fraction of sp³-hybridized carbons (Fsp3) is 0.200. The van der Waals surface area contributed by atoms with Crippen molar-refractivity contribution in [2.24, 2.45) is 0 Å². The van der Waals surface area contributed by atoms with Gasteiger partial charge in [-0.1, -0.05) is 78.9 Å². The number of amides is 1. The van der Waals surface area contributed by atoms with Crippen LogP contribution in [0.2, 0.25) is 0 Å². The Morgan fingerprint density at radius 3 is 1.93 bits per heavy atom. The molecule has 154 valence electrons. The minimum absolute atomic E-state index is 0.283. The topological polar surface area (TPSA) is 55.8 Å².